The molecule has 20 heavy (non-hydrogen) atoms. The smallest absolute Gasteiger partial charge is 0.322 e. The van der Waals surface area contributed by atoms with Crippen LogP contribution < -0.4 is 20.9 Å². The monoisotopic (exact) mass is 274 g/mol. The molecule has 2 rings (SSSR count). The molecule has 0 saturated heterocycles. The Balaban J connectivity index is 2.19. The van der Waals surface area contributed by atoms with Gasteiger partial charge in [0.1, 0.15) is 0 Å². The second-order valence-electron chi connectivity index (χ2n) is 4.43. The summed E-state index contributed by atoms with van der Waals surface area (Å²) in [6.45, 7) is 2.74. The molecule has 0 amide bonds. The van der Waals surface area contributed by atoms with Crippen molar-refractivity contribution >= 4 is 11.9 Å². The molecule has 0 saturated carbocycles. The normalized spacial score (nSPS) is 10.2. The zero-order valence-electron chi connectivity index (χ0n) is 11.8. The van der Waals surface area contributed by atoms with Crippen LogP contribution in [-0.2, 0) is 6.54 Å². The standard InChI is InChI=1S/C13H18N6O/c1-9-4-6-10(7-5-9)8-19(2)12-15-11(18-14)16-13(17-12)20-3/h4-7H,8,14H2,1-3H3,(H,15,16,17,18). The van der Waals surface area contributed by atoms with E-state index >= 15 is 0 Å². The molecule has 2 aromatic rings. The van der Waals surface area contributed by atoms with Gasteiger partial charge >= 0.3 is 6.01 Å². The molecule has 7 heteroatoms. The molecular formula is C13H18N6O. The zero-order valence-corrected chi connectivity index (χ0v) is 11.8. The van der Waals surface area contributed by atoms with Gasteiger partial charge in [-0.25, -0.2) is 5.84 Å². The average molecular weight is 274 g/mol. The number of aromatic nitrogens is 3. The Bertz CT molecular complexity index is 549. The molecule has 0 aliphatic heterocycles. The Hall–Kier alpha value is -2.41. The van der Waals surface area contributed by atoms with E-state index in [1.807, 2.05) is 11.9 Å². The number of hydrazine groups is 1. The lowest BCUT2D eigenvalue weighted by Gasteiger charge is -2.18. The summed E-state index contributed by atoms with van der Waals surface area (Å²) in [6.07, 6.45) is 0. The van der Waals surface area contributed by atoms with Gasteiger partial charge in [0.05, 0.1) is 7.11 Å². The predicted molar refractivity (Wildman–Crippen MR) is 77.5 cm³/mol. The number of methoxy groups -OCH3 is 1. The van der Waals surface area contributed by atoms with Crippen LogP contribution >= 0.6 is 0 Å². The Kier molecular flexibility index (Phi) is 4.31. The third-order valence-electron chi connectivity index (χ3n) is 2.80. The van der Waals surface area contributed by atoms with Crippen LogP contribution in [0.15, 0.2) is 24.3 Å². The van der Waals surface area contributed by atoms with Gasteiger partial charge in [-0.1, -0.05) is 29.8 Å². The first-order chi connectivity index (χ1) is 9.62. The summed E-state index contributed by atoms with van der Waals surface area (Å²) < 4.78 is 5.03. The summed E-state index contributed by atoms with van der Waals surface area (Å²) in [6, 6.07) is 8.52. The highest BCUT2D eigenvalue weighted by atomic mass is 16.5. The molecule has 0 unspecified atom stereocenters. The van der Waals surface area contributed by atoms with E-state index in [0.29, 0.717) is 12.5 Å². The minimum absolute atomic E-state index is 0.221. The van der Waals surface area contributed by atoms with Crippen LogP contribution in [0.25, 0.3) is 0 Å². The minimum atomic E-state index is 0.221. The van der Waals surface area contributed by atoms with Crippen molar-refractivity contribution < 1.29 is 4.74 Å². The fourth-order valence-electron chi connectivity index (χ4n) is 1.71. The Morgan fingerprint density at radius 1 is 1.20 bits per heavy atom. The molecule has 106 valence electrons. The van der Waals surface area contributed by atoms with Gasteiger partial charge in [-0.2, -0.15) is 15.0 Å². The van der Waals surface area contributed by atoms with Crippen molar-refractivity contribution in [3.63, 3.8) is 0 Å². The van der Waals surface area contributed by atoms with Crippen molar-refractivity contribution in [3.8, 4) is 6.01 Å². The number of nitrogens with zero attached hydrogens (tertiary/aromatic N) is 4. The maximum absolute atomic E-state index is 5.33. The number of ether oxygens (including phenoxy) is 1. The van der Waals surface area contributed by atoms with E-state index in [2.05, 4.69) is 51.6 Å². The number of anilines is 2. The highest BCUT2D eigenvalue weighted by Crippen LogP contribution is 2.15. The second kappa shape index (κ2) is 6.16. The number of nitrogen functional groups attached to an aromatic ring is 1. The van der Waals surface area contributed by atoms with Crippen molar-refractivity contribution in [2.24, 2.45) is 5.84 Å². The van der Waals surface area contributed by atoms with Gasteiger partial charge in [0.2, 0.25) is 11.9 Å². The molecule has 3 N–H and O–H groups in total. The molecule has 1 aromatic carbocycles. The van der Waals surface area contributed by atoms with Crippen LogP contribution in [0, 0.1) is 6.92 Å². The first kappa shape index (κ1) is 14.0. The van der Waals surface area contributed by atoms with Gasteiger partial charge in [0, 0.05) is 13.6 Å². The van der Waals surface area contributed by atoms with E-state index in [1.54, 1.807) is 0 Å². The van der Waals surface area contributed by atoms with E-state index in [0.717, 1.165) is 0 Å². The van der Waals surface area contributed by atoms with Crippen LogP contribution in [-0.4, -0.2) is 29.1 Å². The van der Waals surface area contributed by atoms with Gasteiger partial charge in [-0.15, -0.1) is 0 Å². The zero-order chi connectivity index (χ0) is 14.5. The molecule has 0 spiro atoms. The fourth-order valence-corrected chi connectivity index (χ4v) is 1.71. The van der Waals surface area contributed by atoms with Gasteiger partial charge < -0.3 is 9.64 Å². The Morgan fingerprint density at radius 3 is 2.50 bits per heavy atom. The number of nitrogens with two attached hydrogens (primary N) is 1. The molecule has 1 aromatic heterocycles. The third kappa shape index (κ3) is 3.33. The Morgan fingerprint density at radius 2 is 1.90 bits per heavy atom. The Labute approximate surface area is 117 Å². The molecule has 0 atom stereocenters. The van der Waals surface area contributed by atoms with Gasteiger partial charge in [0.25, 0.3) is 0 Å². The quantitative estimate of drug-likeness (QED) is 0.623. The maximum atomic E-state index is 5.33. The number of hydrogen-bond donors (Lipinski definition) is 2. The van der Waals surface area contributed by atoms with E-state index in [4.69, 9.17) is 10.6 Å². The highest BCUT2D eigenvalue weighted by Gasteiger charge is 2.10. The molecule has 0 fully saturated rings. The summed E-state index contributed by atoms with van der Waals surface area (Å²) in [4.78, 5) is 14.3. The number of aryl methyl sites for hydroxylation is 1. The maximum Gasteiger partial charge on any atom is 0.322 e. The molecule has 7 nitrogen and oxygen atoms in total. The lowest BCUT2D eigenvalue weighted by Crippen LogP contribution is -2.21. The summed E-state index contributed by atoms with van der Waals surface area (Å²) >= 11 is 0. The van der Waals surface area contributed by atoms with E-state index < -0.39 is 0 Å². The first-order valence-electron chi connectivity index (χ1n) is 6.15. The van der Waals surface area contributed by atoms with Crippen molar-refractivity contribution in [1.82, 2.24) is 15.0 Å². The van der Waals surface area contributed by atoms with Crippen molar-refractivity contribution in [3.05, 3.63) is 35.4 Å². The van der Waals surface area contributed by atoms with Crippen LogP contribution in [0.4, 0.5) is 11.9 Å². The largest absolute Gasteiger partial charge is 0.467 e. The molecule has 0 aliphatic rings. The van der Waals surface area contributed by atoms with Crippen LogP contribution in [0.1, 0.15) is 11.1 Å². The molecule has 1 heterocycles. The van der Waals surface area contributed by atoms with E-state index in [1.165, 1.54) is 18.2 Å². The molecular weight excluding hydrogens is 256 g/mol. The lowest BCUT2D eigenvalue weighted by molar-refractivity contribution is 0.379. The number of nitrogens with one attached hydrogen (secondary N) is 1. The SMILES string of the molecule is COc1nc(NN)nc(N(C)Cc2ccc(C)cc2)n1. The molecule has 0 bridgehead atoms. The number of rotatable bonds is 5. The summed E-state index contributed by atoms with van der Waals surface area (Å²) in [7, 11) is 3.40. The number of benzene rings is 1. The summed E-state index contributed by atoms with van der Waals surface area (Å²) in [5.74, 6) is 6.09. The van der Waals surface area contributed by atoms with Gasteiger partial charge in [-0.3, -0.25) is 5.43 Å². The summed E-state index contributed by atoms with van der Waals surface area (Å²) in [5, 5.41) is 0. The lowest BCUT2D eigenvalue weighted by atomic mass is 10.1. The second-order valence-corrected chi connectivity index (χ2v) is 4.43. The first-order valence-corrected chi connectivity index (χ1v) is 6.15. The minimum Gasteiger partial charge on any atom is -0.467 e. The number of hydrogen-bond acceptors (Lipinski definition) is 7. The van der Waals surface area contributed by atoms with Crippen LogP contribution in [0.3, 0.4) is 0 Å². The summed E-state index contributed by atoms with van der Waals surface area (Å²) in [5.41, 5.74) is 4.80. The van der Waals surface area contributed by atoms with E-state index in [9.17, 15) is 0 Å². The third-order valence-corrected chi connectivity index (χ3v) is 2.80. The van der Waals surface area contributed by atoms with Crippen LogP contribution in [0.5, 0.6) is 6.01 Å². The van der Waals surface area contributed by atoms with Crippen molar-refractivity contribution in [1.29, 1.82) is 0 Å². The topological polar surface area (TPSA) is 89.2 Å². The highest BCUT2D eigenvalue weighted by molar-refractivity contribution is 5.38. The van der Waals surface area contributed by atoms with E-state index in [-0.39, 0.29) is 12.0 Å². The fraction of sp³-hybridized carbons (Fsp3) is 0.308. The van der Waals surface area contributed by atoms with Gasteiger partial charge in [-0.05, 0) is 12.5 Å². The van der Waals surface area contributed by atoms with Crippen LogP contribution in [0.2, 0.25) is 0 Å². The molecule has 0 radical (unpaired) electrons. The van der Waals surface area contributed by atoms with Gasteiger partial charge in [0.15, 0.2) is 0 Å². The average Bonchev–Trinajstić information content (AvgIpc) is 2.48. The molecule has 0 aliphatic carbocycles. The van der Waals surface area contributed by atoms with Crippen molar-refractivity contribution in [2.75, 3.05) is 24.5 Å². The predicted octanol–water partition coefficient (Wildman–Crippen LogP) is 1.11. The van der Waals surface area contributed by atoms with Crippen molar-refractivity contribution in [2.45, 2.75) is 13.5 Å².